The highest BCUT2D eigenvalue weighted by molar-refractivity contribution is 7.80. The Labute approximate surface area is 187 Å². The van der Waals surface area contributed by atoms with Crippen molar-refractivity contribution in [2.45, 2.75) is 19.9 Å². The molecule has 0 aliphatic rings. The van der Waals surface area contributed by atoms with E-state index in [4.69, 9.17) is 28.6 Å². The second kappa shape index (κ2) is 10.2. The topological polar surface area (TPSA) is 50.4 Å². The van der Waals surface area contributed by atoms with Gasteiger partial charge in [0.1, 0.15) is 0 Å². The third-order valence-electron chi connectivity index (χ3n) is 4.63. The van der Waals surface area contributed by atoms with Crippen LogP contribution in [-0.4, -0.2) is 17.7 Å². The number of carbonyl (C=O) groups excluding carboxylic acids is 1. The summed E-state index contributed by atoms with van der Waals surface area (Å²) in [6.45, 7) is 4.11. The summed E-state index contributed by atoms with van der Waals surface area (Å²) in [5, 5.41) is 7.32. The van der Waals surface area contributed by atoms with E-state index < -0.39 is 5.97 Å². The van der Waals surface area contributed by atoms with E-state index in [-0.39, 0.29) is 12.6 Å². The third kappa shape index (κ3) is 5.38. The van der Waals surface area contributed by atoms with Gasteiger partial charge in [0.05, 0.1) is 23.2 Å². The van der Waals surface area contributed by atoms with Crippen molar-refractivity contribution in [3.63, 3.8) is 0 Å². The first kappa shape index (κ1) is 21.8. The van der Waals surface area contributed by atoms with Gasteiger partial charge in [-0.1, -0.05) is 66.2 Å². The maximum absolute atomic E-state index is 12.1. The summed E-state index contributed by atoms with van der Waals surface area (Å²) < 4.78 is 5.06. The van der Waals surface area contributed by atoms with Crippen molar-refractivity contribution in [2.24, 2.45) is 0 Å². The molecule has 154 valence electrons. The van der Waals surface area contributed by atoms with Gasteiger partial charge in [-0.3, -0.25) is 0 Å². The van der Waals surface area contributed by atoms with E-state index in [1.54, 1.807) is 25.1 Å². The van der Waals surface area contributed by atoms with Gasteiger partial charge < -0.3 is 15.4 Å². The quantitative estimate of drug-likeness (QED) is 0.370. The molecule has 0 aromatic heterocycles. The van der Waals surface area contributed by atoms with Crippen LogP contribution >= 0.6 is 23.8 Å². The SMILES string of the molecule is CCOC(=O)c1cc(NC(=S)N[C@@H](c2ccccc2)c2ccccc2C)ccc1Cl. The number of nitrogens with one attached hydrogen (secondary N) is 2. The van der Waals surface area contributed by atoms with Crippen molar-refractivity contribution in [1.82, 2.24) is 5.32 Å². The second-order valence-corrected chi connectivity index (χ2v) is 7.53. The molecule has 0 radical (unpaired) electrons. The molecule has 30 heavy (non-hydrogen) atoms. The van der Waals surface area contributed by atoms with Gasteiger partial charge in [-0.15, -0.1) is 0 Å². The first-order valence-electron chi connectivity index (χ1n) is 9.64. The van der Waals surface area contributed by atoms with Crippen LogP contribution in [0.2, 0.25) is 5.02 Å². The summed E-state index contributed by atoms with van der Waals surface area (Å²) in [4.78, 5) is 12.1. The number of hydrogen-bond donors (Lipinski definition) is 2. The van der Waals surface area contributed by atoms with Crippen LogP contribution in [0, 0.1) is 6.92 Å². The Hall–Kier alpha value is -2.89. The van der Waals surface area contributed by atoms with Crippen LogP contribution in [0.25, 0.3) is 0 Å². The molecule has 3 aromatic carbocycles. The lowest BCUT2D eigenvalue weighted by Crippen LogP contribution is -2.33. The molecule has 3 rings (SSSR count). The molecular formula is C24H23ClN2O2S. The Balaban J connectivity index is 1.83. The van der Waals surface area contributed by atoms with Crippen LogP contribution in [-0.2, 0) is 4.74 Å². The summed E-state index contributed by atoms with van der Waals surface area (Å²) in [7, 11) is 0. The molecule has 3 aromatic rings. The number of aryl methyl sites for hydroxylation is 1. The van der Waals surface area contributed by atoms with Gasteiger partial charge in [0.2, 0.25) is 0 Å². The van der Waals surface area contributed by atoms with Crippen molar-refractivity contribution in [3.8, 4) is 0 Å². The number of hydrogen-bond acceptors (Lipinski definition) is 3. The molecule has 4 nitrogen and oxygen atoms in total. The highest BCUT2D eigenvalue weighted by Crippen LogP contribution is 2.26. The number of anilines is 1. The van der Waals surface area contributed by atoms with Gasteiger partial charge in [-0.2, -0.15) is 0 Å². The van der Waals surface area contributed by atoms with Crippen molar-refractivity contribution in [2.75, 3.05) is 11.9 Å². The second-order valence-electron chi connectivity index (χ2n) is 6.71. The number of ether oxygens (including phenoxy) is 1. The summed E-state index contributed by atoms with van der Waals surface area (Å²) in [5.41, 5.74) is 4.34. The van der Waals surface area contributed by atoms with E-state index in [1.807, 2.05) is 30.3 Å². The van der Waals surface area contributed by atoms with Crippen molar-refractivity contribution < 1.29 is 9.53 Å². The van der Waals surface area contributed by atoms with E-state index in [9.17, 15) is 4.79 Å². The average molecular weight is 439 g/mol. The summed E-state index contributed by atoms with van der Waals surface area (Å²) in [5.74, 6) is -0.466. The summed E-state index contributed by atoms with van der Waals surface area (Å²) in [6.07, 6.45) is 0. The monoisotopic (exact) mass is 438 g/mol. The molecule has 0 saturated heterocycles. The molecule has 0 bridgehead atoms. The Morgan fingerprint density at radius 1 is 1.07 bits per heavy atom. The van der Waals surface area contributed by atoms with Crippen molar-refractivity contribution >= 4 is 40.6 Å². The molecule has 0 unspecified atom stereocenters. The normalized spacial score (nSPS) is 11.4. The van der Waals surface area contributed by atoms with E-state index in [1.165, 1.54) is 0 Å². The number of benzene rings is 3. The number of carbonyl (C=O) groups is 1. The van der Waals surface area contributed by atoms with Crippen LogP contribution in [0.5, 0.6) is 0 Å². The predicted octanol–water partition coefficient (Wildman–Crippen LogP) is 5.90. The zero-order valence-corrected chi connectivity index (χ0v) is 18.4. The Bertz CT molecular complexity index is 1040. The maximum Gasteiger partial charge on any atom is 0.339 e. The summed E-state index contributed by atoms with van der Waals surface area (Å²) >= 11 is 11.7. The molecule has 6 heteroatoms. The molecular weight excluding hydrogens is 416 g/mol. The fourth-order valence-electron chi connectivity index (χ4n) is 3.16. The minimum absolute atomic E-state index is 0.121. The lowest BCUT2D eigenvalue weighted by molar-refractivity contribution is 0.0526. The van der Waals surface area contributed by atoms with Crippen LogP contribution in [0.4, 0.5) is 5.69 Å². The highest BCUT2D eigenvalue weighted by atomic mass is 35.5. The standard InChI is InChI=1S/C24H23ClN2O2S/c1-3-29-23(28)20-15-18(13-14-21(20)25)26-24(30)27-22(17-10-5-4-6-11-17)19-12-8-7-9-16(19)2/h4-15,22H,3H2,1-2H3,(H2,26,27,30)/t22-/m0/s1. The van der Waals surface area contributed by atoms with Crippen molar-refractivity contribution in [3.05, 3.63) is 100 Å². The van der Waals surface area contributed by atoms with Gasteiger partial charge >= 0.3 is 5.97 Å². The van der Waals surface area contributed by atoms with E-state index in [0.717, 1.165) is 16.7 Å². The smallest absolute Gasteiger partial charge is 0.339 e. The van der Waals surface area contributed by atoms with E-state index in [2.05, 4.69) is 41.8 Å². The zero-order valence-electron chi connectivity index (χ0n) is 16.8. The molecule has 0 aliphatic carbocycles. The summed E-state index contributed by atoms with van der Waals surface area (Å²) in [6, 6.07) is 23.2. The van der Waals surface area contributed by atoms with Gasteiger partial charge in [0.15, 0.2) is 5.11 Å². The fraction of sp³-hybridized carbons (Fsp3) is 0.167. The van der Waals surface area contributed by atoms with Crippen LogP contribution in [0.15, 0.2) is 72.8 Å². The van der Waals surface area contributed by atoms with Gasteiger partial charge in [0.25, 0.3) is 0 Å². The van der Waals surface area contributed by atoms with Crippen LogP contribution < -0.4 is 10.6 Å². The number of thiocarbonyl (C=S) groups is 1. The van der Waals surface area contributed by atoms with Crippen LogP contribution in [0.3, 0.4) is 0 Å². The van der Waals surface area contributed by atoms with Gasteiger partial charge in [-0.05, 0) is 61.0 Å². The molecule has 0 saturated carbocycles. The molecule has 1 atom stereocenters. The van der Waals surface area contributed by atoms with Crippen molar-refractivity contribution in [1.29, 1.82) is 0 Å². The molecule has 0 spiro atoms. The fourth-order valence-corrected chi connectivity index (χ4v) is 3.59. The average Bonchev–Trinajstić information content (AvgIpc) is 2.75. The largest absolute Gasteiger partial charge is 0.462 e. The van der Waals surface area contributed by atoms with Gasteiger partial charge in [-0.25, -0.2) is 4.79 Å². The molecule has 0 fully saturated rings. The van der Waals surface area contributed by atoms with E-state index >= 15 is 0 Å². The molecule has 0 heterocycles. The Morgan fingerprint density at radius 2 is 1.77 bits per heavy atom. The first-order chi connectivity index (χ1) is 14.5. The minimum atomic E-state index is -0.466. The first-order valence-corrected chi connectivity index (χ1v) is 10.4. The molecule has 2 N–H and O–H groups in total. The lowest BCUT2D eigenvalue weighted by atomic mass is 9.95. The van der Waals surface area contributed by atoms with E-state index in [0.29, 0.717) is 21.4 Å². The number of esters is 1. The minimum Gasteiger partial charge on any atom is -0.462 e. The molecule has 0 amide bonds. The Kier molecular flexibility index (Phi) is 7.44. The number of halogens is 1. The maximum atomic E-state index is 12.1. The van der Waals surface area contributed by atoms with Crippen LogP contribution in [0.1, 0.15) is 40.0 Å². The predicted molar refractivity (Wildman–Crippen MR) is 126 cm³/mol. The highest BCUT2D eigenvalue weighted by Gasteiger charge is 2.18. The third-order valence-corrected chi connectivity index (χ3v) is 5.18. The molecule has 0 aliphatic heterocycles. The zero-order chi connectivity index (χ0) is 21.5. The number of rotatable bonds is 6. The lowest BCUT2D eigenvalue weighted by Gasteiger charge is -2.23. The van der Waals surface area contributed by atoms with Gasteiger partial charge in [0, 0.05) is 5.69 Å². The Morgan fingerprint density at radius 3 is 2.47 bits per heavy atom.